The molecule has 0 aromatic rings. The summed E-state index contributed by atoms with van der Waals surface area (Å²) in [6.07, 6.45) is 14.4. The highest BCUT2D eigenvalue weighted by molar-refractivity contribution is 5.70. The summed E-state index contributed by atoms with van der Waals surface area (Å²) in [6, 6.07) is 0. The van der Waals surface area contributed by atoms with Crippen LogP contribution in [-0.2, 0) is 28.5 Å². The molecule has 0 aliphatic heterocycles. The van der Waals surface area contributed by atoms with Crippen LogP contribution in [0.1, 0.15) is 137 Å². The zero-order valence-corrected chi connectivity index (χ0v) is 28.1. The predicted molar refractivity (Wildman–Crippen MR) is 165 cm³/mol. The fourth-order valence-corrected chi connectivity index (χ4v) is 5.25. The molecule has 0 bridgehead atoms. The highest BCUT2D eigenvalue weighted by atomic mass is 16.9. The van der Waals surface area contributed by atoms with Crippen LogP contribution < -0.4 is 0 Å². The second-order valence-corrected chi connectivity index (χ2v) is 11.2. The van der Waals surface area contributed by atoms with Crippen molar-refractivity contribution in [3.63, 3.8) is 0 Å². The Morgan fingerprint density at radius 2 is 0.932 bits per heavy atom. The highest BCUT2D eigenvalue weighted by Crippen LogP contribution is 2.45. The molecule has 12 nitrogen and oxygen atoms in total. The minimum atomic E-state index is -3.63. The fourth-order valence-electron chi connectivity index (χ4n) is 5.25. The van der Waals surface area contributed by atoms with E-state index in [2.05, 4.69) is 6.92 Å². The van der Waals surface area contributed by atoms with Crippen LogP contribution >= 0.6 is 0 Å². The molecule has 4 atom stereocenters. The Kier molecular flexibility index (Phi) is 22.9. The molecule has 0 aromatic heterocycles. The van der Waals surface area contributed by atoms with Crippen LogP contribution in [0.15, 0.2) is 0 Å². The van der Waals surface area contributed by atoms with Gasteiger partial charge in [-0.05, 0) is 34.1 Å². The summed E-state index contributed by atoms with van der Waals surface area (Å²) in [5, 5.41) is 66.3. The molecule has 0 aromatic carbocycles. The number of ether oxygens (including phenoxy) is 5. The second-order valence-electron chi connectivity index (χ2n) is 11.2. The van der Waals surface area contributed by atoms with Gasteiger partial charge in [-0.2, -0.15) is 0 Å². The van der Waals surface area contributed by atoms with E-state index in [4.69, 9.17) is 23.7 Å². The van der Waals surface area contributed by atoms with Crippen LogP contribution in [0, 0.1) is 0 Å². The lowest BCUT2D eigenvalue weighted by atomic mass is 9.89. The first-order chi connectivity index (χ1) is 20.9. The van der Waals surface area contributed by atoms with Crippen molar-refractivity contribution >= 4 is 5.97 Å². The van der Waals surface area contributed by atoms with Crippen LogP contribution in [-0.4, -0.2) is 99.1 Å². The van der Waals surface area contributed by atoms with E-state index in [1.165, 1.54) is 91.9 Å². The average molecular weight is 641 g/mol. The Morgan fingerprint density at radius 1 is 0.568 bits per heavy atom. The average Bonchev–Trinajstić information content (AvgIpc) is 2.98. The van der Waals surface area contributed by atoms with E-state index in [9.17, 15) is 35.4 Å². The van der Waals surface area contributed by atoms with Crippen LogP contribution in [0.25, 0.3) is 0 Å². The Labute approximate surface area is 265 Å². The Hall–Kier alpha value is -0.930. The van der Waals surface area contributed by atoms with Gasteiger partial charge in [-0.3, -0.25) is 4.79 Å². The number of aliphatic hydroxyl groups excluding tert-OH is 2. The number of rotatable bonds is 30. The third kappa shape index (κ3) is 12.7. The Bertz CT molecular complexity index is 719. The summed E-state index contributed by atoms with van der Waals surface area (Å²) >= 11 is 0. The molecule has 44 heavy (non-hydrogen) atoms. The van der Waals surface area contributed by atoms with E-state index >= 15 is 0 Å². The first kappa shape index (κ1) is 43.1. The normalized spacial score (nSPS) is 17.1. The van der Waals surface area contributed by atoms with Gasteiger partial charge in [0.25, 0.3) is 5.79 Å². The molecule has 0 fully saturated rings. The van der Waals surface area contributed by atoms with Crippen molar-refractivity contribution in [1.29, 1.82) is 0 Å². The van der Waals surface area contributed by atoms with Gasteiger partial charge in [0, 0.05) is 32.8 Å². The Morgan fingerprint density at radius 3 is 1.30 bits per heavy atom. The lowest BCUT2D eigenvalue weighted by molar-refractivity contribution is -0.568. The van der Waals surface area contributed by atoms with Crippen molar-refractivity contribution < 1.29 is 59.1 Å². The molecule has 0 saturated carbocycles. The molecule has 0 aliphatic rings. The van der Waals surface area contributed by atoms with E-state index in [0.717, 1.165) is 19.3 Å². The molecule has 0 aliphatic carbocycles. The lowest BCUT2D eigenvalue weighted by Crippen LogP contribution is -2.82. The number of carbonyl (C=O) groups is 1. The smallest absolute Gasteiger partial charge is 0.344 e. The van der Waals surface area contributed by atoms with Crippen LogP contribution in [0.5, 0.6) is 0 Å². The summed E-state index contributed by atoms with van der Waals surface area (Å²) in [5.41, 5.74) is 0. The van der Waals surface area contributed by atoms with Gasteiger partial charge in [-0.25, -0.2) is 0 Å². The van der Waals surface area contributed by atoms with E-state index in [-0.39, 0.29) is 19.6 Å². The Balaban J connectivity index is 5.21. The molecular formula is C32H64O12. The summed E-state index contributed by atoms with van der Waals surface area (Å²) in [7, 11) is 0. The maximum Gasteiger partial charge on any atom is 0.344 e. The van der Waals surface area contributed by atoms with Gasteiger partial charge in [0.1, 0.15) is 6.10 Å². The van der Waals surface area contributed by atoms with E-state index in [1.807, 2.05) is 0 Å². The van der Waals surface area contributed by atoms with Gasteiger partial charge < -0.3 is 54.3 Å². The summed E-state index contributed by atoms with van der Waals surface area (Å²) in [4.78, 5) is 12.9. The van der Waals surface area contributed by atoms with E-state index in [1.54, 1.807) is 0 Å². The van der Waals surface area contributed by atoms with Crippen molar-refractivity contribution in [3.05, 3.63) is 0 Å². The number of carbonyl (C=O) groups excluding carboxylic acids is 1. The number of unbranched alkanes of at least 4 members (excludes halogenated alkanes) is 14. The van der Waals surface area contributed by atoms with Crippen molar-refractivity contribution in [2.45, 2.75) is 167 Å². The minimum Gasteiger partial charge on any atom is -0.424 e. The topological polar surface area (TPSA) is 185 Å². The molecule has 0 unspecified atom stereocenters. The molecule has 0 spiro atoms. The molecular weight excluding hydrogens is 576 g/mol. The summed E-state index contributed by atoms with van der Waals surface area (Å²) < 4.78 is 26.0. The zero-order chi connectivity index (χ0) is 33.5. The largest absolute Gasteiger partial charge is 0.424 e. The molecule has 12 heteroatoms. The molecule has 0 radical (unpaired) electrons. The van der Waals surface area contributed by atoms with Crippen molar-refractivity contribution in [1.82, 2.24) is 0 Å². The van der Waals surface area contributed by atoms with Gasteiger partial charge in [-0.1, -0.05) is 96.8 Å². The highest BCUT2D eigenvalue weighted by Gasteiger charge is 2.78. The SMILES string of the molecule is CCCCCCCCCCCCCCCCCC(=O)O[C@](O)([C@@H](O)CO)[C@@](O)(OCC)[C@@](O)(OCC)C(O)(OCC)OCC. The molecule has 0 rings (SSSR count). The summed E-state index contributed by atoms with van der Waals surface area (Å²) in [5.74, 6) is -14.9. The third-order valence-corrected chi connectivity index (χ3v) is 7.64. The maximum absolute atomic E-state index is 12.9. The van der Waals surface area contributed by atoms with E-state index in [0.29, 0.717) is 12.8 Å². The van der Waals surface area contributed by atoms with Gasteiger partial charge in [-0.15, -0.1) is 0 Å². The predicted octanol–water partition coefficient (Wildman–Crippen LogP) is 4.00. The number of aliphatic hydroxyl groups is 6. The second kappa shape index (κ2) is 23.4. The van der Waals surface area contributed by atoms with Crippen molar-refractivity contribution in [2.75, 3.05) is 33.0 Å². The molecule has 6 N–H and O–H groups in total. The number of esters is 1. The van der Waals surface area contributed by atoms with Crippen LogP contribution in [0.4, 0.5) is 0 Å². The van der Waals surface area contributed by atoms with Gasteiger partial charge in [0.15, 0.2) is 0 Å². The lowest BCUT2D eigenvalue weighted by Gasteiger charge is -2.53. The third-order valence-electron chi connectivity index (χ3n) is 7.64. The minimum absolute atomic E-state index is 0.199. The van der Waals surface area contributed by atoms with Crippen LogP contribution in [0.3, 0.4) is 0 Å². The molecule has 0 amide bonds. The maximum atomic E-state index is 12.9. The van der Waals surface area contributed by atoms with E-state index < -0.39 is 55.2 Å². The standard InChI is InChI=1S/C32H64O12/c1-6-11-12-13-14-15-16-17-18-19-20-21-22-23-24-25-28(35)44-29(36,27(34)26-33)30(37,40-7-2)31(38,41-8-3)32(39,42-9-4)43-10-5/h27,33-34,36-39H,6-26H2,1-5H3/t27-,29+,30+,31+/m0/s1. The fraction of sp³-hybridized carbons (Fsp3) is 0.969. The van der Waals surface area contributed by atoms with Gasteiger partial charge in [0.05, 0.1) is 6.61 Å². The van der Waals surface area contributed by atoms with Crippen molar-refractivity contribution in [2.24, 2.45) is 0 Å². The number of hydrogen-bond acceptors (Lipinski definition) is 12. The van der Waals surface area contributed by atoms with Gasteiger partial charge in [0.2, 0.25) is 0 Å². The monoisotopic (exact) mass is 640 g/mol. The quantitative estimate of drug-likeness (QED) is 0.0377. The zero-order valence-electron chi connectivity index (χ0n) is 28.1. The van der Waals surface area contributed by atoms with Crippen LogP contribution in [0.2, 0.25) is 0 Å². The molecule has 0 saturated heterocycles. The van der Waals surface area contributed by atoms with Crippen molar-refractivity contribution in [3.8, 4) is 0 Å². The molecule has 264 valence electrons. The first-order valence-electron chi connectivity index (χ1n) is 16.9. The summed E-state index contributed by atoms with van der Waals surface area (Å²) in [6.45, 7) is 5.26. The van der Waals surface area contributed by atoms with Gasteiger partial charge >= 0.3 is 23.5 Å². The molecule has 0 heterocycles. The first-order valence-corrected chi connectivity index (χ1v) is 16.9. The number of hydrogen-bond donors (Lipinski definition) is 6.